The van der Waals surface area contributed by atoms with Gasteiger partial charge in [-0.1, -0.05) is 29.8 Å². The first-order valence-electron chi connectivity index (χ1n) is 5.87. The zero-order valence-corrected chi connectivity index (χ0v) is 10.8. The molecular weight excluding hydrogens is 228 g/mol. The van der Waals surface area contributed by atoms with Gasteiger partial charge in [0.1, 0.15) is 0 Å². The summed E-state index contributed by atoms with van der Waals surface area (Å²) in [7, 11) is 1.74. The van der Waals surface area contributed by atoms with E-state index in [4.69, 9.17) is 10.4 Å². The molecule has 0 unspecified atom stereocenters. The maximum absolute atomic E-state index is 10.7. The molecule has 0 heterocycles. The van der Waals surface area contributed by atoms with Crippen molar-refractivity contribution in [3.05, 3.63) is 35.4 Å². The highest BCUT2D eigenvalue weighted by Crippen LogP contribution is 2.11. The highest BCUT2D eigenvalue weighted by Gasteiger charge is 2.17. The standard InChI is InChI=1S/C14H18N2O2/c1-11-3-5-12(6-4-11)9-13(7-8-15)16(2)10-14(17)18/h3-6,13H,7,9-10H2,1-2H3,(H,17,18)/t13-/m1/s1. The first-order chi connectivity index (χ1) is 8.52. The molecule has 0 aromatic heterocycles. The molecule has 0 bridgehead atoms. The van der Waals surface area contributed by atoms with Crippen LogP contribution in [0.4, 0.5) is 0 Å². The quantitative estimate of drug-likeness (QED) is 0.831. The van der Waals surface area contributed by atoms with Crippen LogP contribution in [0.3, 0.4) is 0 Å². The van der Waals surface area contributed by atoms with Crippen molar-refractivity contribution in [1.29, 1.82) is 5.26 Å². The summed E-state index contributed by atoms with van der Waals surface area (Å²) in [5.41, 5.74) is 2.31. The Morgan fingerprint density at radius 2 is 2.06 bits per heavy atom. The minimum absolute atomic E-state index is 0.0434. The number of carboxylic acid groups (broad SMARTS) is 1. The fourth-order valence-electron chi connectivity index (χ4n) is 1.83. The van der Waals surface area contributed by atoms with Gasteiger partial charge in [-0.25, -0.2) is 0 Å². The molecule has 18 heavy (non-hydrogen) atoms. The van der Waals surface area contributed by atoms with Gasteiger partial charge in [-0.05, 0) is 26.0 Å². The van der Waals surface area contributed by atoms with Crippen molar-refractivity contribution < 1.29 is 9.90 Å². The molecule has 0 saturated carbocycles. The van der Waals surface area contributed by atoms with Crippen LogP contribution < -0.4 is 0 Å². The molecule has 0 aliphatic heterocycles. The molecule has 0 fully saturated rings. The van der Waals surface area contributed by atoms with E-state index in [1.54, 1.807) is 11.9 Å². The highest BCUT2D eigenvalue weighted by atomic mass is 16.4. The predicted octanol–water partition coefficient (Wildman–Crippen LogP) is 1.84. The molecule has 4 nitrogen and oxygen atoms in total. The van der Waals surface area contributed by atoms with Crippen LogP contribution in [0.2, 0.25) is 0 Å². The second-order valence-corrected chi connectivity index (χ2v) is 4.51. The summed E-state index contributed by atoms with van der Waals surface area (Å²) < 4.78 is 0. The Labute approximate surface area is 107 Å². The van der Waals surface area contributed by atoms with Crippen LogP contribution >= 0.6 is 0 Å². The highest BCUT2D eigenvalue weighted by molar-refractivity contribution is 5.69. The van der Waals surface area contributed by atoms with Crippen molar-refractivity contribution in [2.24, 2.45) is 0 Å². The molecule has 1 aromatic carbocycles. The summed E-state index contributed by atoms with van der Waals surface area (Å²) in [6, 6.07) is 10.1. The Hall–Kier alpha value is -1.86. The van der Waals surface area contributed by atoms with Gasteiger partial charge in [-0.15, -0.1) is 0 Å². The van der Waals surface area contributed by atoms with Gasteiger partial charge < -0.3 is 5.11 Å². The van der Waals surface area contributed by atoms with E-state index in [9.17, 15) is 4.79 Å². The summed E-state index contributed by atoms with van der Waals surface area (Å²) in [5, 5.41) is 17.6. The molecule has 0 amide bonds. The lowest BCUT2D eigenvalue weighted by molar-refractivity contribution is -0.138. The fraction of sp³-hybridized carbons (Fsp3) is 0.429. The van der Waals surface area contributed by atoms with E-state index in [2.05, 4.69) is 6.07 Å². The van der Waals surface area contributed by atoms with Crippen LogP contribution in [0.15, 0.2) is 24.3 Å². The van der Waals surface area contributed by atoms with Crippen LogP contribution in [-0.4, -0.2) is 35.6 Å². The van der Waals surface area contributed by atoms with E-state index >= 15 is 0 Å². The molecule has 1 atom stereocenters. The third kappa shape index (κ3) is 4.56. The molecule has 1 rings (SSSR count). The normalized spacial score (nSPS) is 12.1. The lowest BCUT2D eigenvalue weighted by Gasteiger charge is -2.24. The molecule has 0 aliphatic carbocycles. The molecule has 0 aliphatic rings. The summed E-state index contributed by atoms with van der Waals surface area (Å²) >= 11 is 0. The number of nitrogens with zero attached hydrogens (tertiary/aromatic N) is 2. The van der Waals surface area contributed by atoms with E-state index in [-0.39, 0.29) is 12.6 Å². The number of likely N-dealkylation sites (N-methyl/N-ethyl adjacent to an activating group) is 1. The molecule has 4 heteroatoms. The maximum atomic E-state index is 10.7. The summed E-state index contributed by atoms with van der Waals surface area (Å²) in [5.74, 6) is -0.871. The molecule has 96 valence electrons. The first-order valence-corrected chi connectivity index (χ1v) is 5.87. The Morgan fingerprint density at radius 1 is 1.44 bits per heavy atom. The Bertz CT molecular complexity index is 434. The van der Waals surface area contributed by atoms with Crippen molar-refractivity contribution in [2.75, 3.05) is 13.6 Å². The second-order valence-electron chi connectivity index (χ2n) is 4.51. The number of hydrogen-bond donors (Lipinski definition) is 1. The van der Waals surface area contributed by atoms with Gasteiger partial charge in [0, 0.05) is 6.04 Å². The number of hydrogen-bond acceptors (Lipinski definition) is 3. The number of carboxylic acids is 1. The van der Waals surface area contributed by atoms with Crippen LogP contribution in [0, 0.1) is 18.3 Å². The fourth-order valence-corrected chi connectivity index (χ4v) is 1.83. The first kappa shape index (κ1) is 14.2. The zero-order valence-electron chi connectivity index (χ0n) is 10.8. The summed E-state index contributed by atoms with van der Waals surface area (Å²) in [6.07, 6.45) is 1.02. The SMILES string of the molecule is Cc1ccc(C[C@@H](CC#N)N(C)CC(=O)O)cc1. The van der Waals surface area contributed by atoms with Crippen molar-refractivity contribution >= 4 is 5.97 Å². The van der Waals surface area contributed by atoms with E-state index < -0.39 is 5.97 Å². The predicted molar refractivity (Wildman–Crippen MR) is 69.2 cm³/mol. The number of rotatable bonds is 6. The minimum Gasteiger partial charge on any atom is -0.480 e. The molecule has 1 N–H and O–H groups in total. The molecule has 0 radical (unpaired) electrons. The third-order valence-corrected chi connectivity index (χ3v) is 2.93. The van der Waals surface area contributed by atoms with Gasteiger partial charge >= 0.3 is 5.97 Å². The largest absolute Gasteiger partial charge is 0.480 e. The van der Waals surface area contributed by atoms with Crippen molar-refractivity contribution in [3.63, 3.8) is 0 Å². The van der Waals surface area contributed by atoms with Gasteiger partial charge in [0.05, 0.1) is 19.0 Å². The van der Waals surface area contributed by atoms with Crippen LogP contribution in [-0.2, 0) is 11.2 Å². The van der Waals surface area contributed by atoms with E-state index in [0.717, 1.165) is 5.56 Å². The smallest absolute Gasteiger partial charge is 0.317 e. The van der Waals surface area contributed by atoms with Gasteiger partial charge in [-0.3, -0.25) is 9.69 Å². The number of nitriles is 1. The minimum atomic E-state index is -0.871. The van der Waals surface area contributed by atoms with E-state index in [1.807, 2.05) is 31.2 Å². The van der Waals surface area contributed by atoms with Crippen LogP contribution in [0.5, 0.6) is 0 Å². The summed E-state index contributed by atoms with van der Waals surface area (Å²) in [4.78, 5) is 12.4. The Morgan fingerprint density at radius 3 is 2.56 bits per heavy atom. The van der Waals surface area contributed by atoms with Crippen molar-refractivity contribution in [2.45, 2.75) is 25.8 Å². The van der Waals surface area contributed by atoms with E-state index in [0.29, 0.717) is 12.8 Å². The average molecular weight is 246 g/mol. The zero-order chi connectivity index (χ0) is 13.5. The number of aryl methyl sites for hydroxylation is 1. The van der Waals surface area contributed by atoms with Gasteiger partial charge in [0.15, 0.2) is 0 Å². The summed E-state index contributed by atoms with van der Waals surface area (Å²) in [6.45, 7) is 1.98. The second kappa shape index (κ2) is 6.77. The van der Waals surface area contributed by atoms with Crippen molar-refractivity contribution in [3.8, 4) is 6.07 Å². The molecule has 0 spiro atoms. The third-order valence-electron chi connectivity index (χ3n) is 2.93. The average Bonchev–Trinajstić information content (AvgIpc) is 2.30. The van der Waals surface area contributed by atoms with Crippen LogP contribution in [0.25, 0.3) is 0 Å². The van der Waals surface area contributed by atoms with Gasteiger partial charge in [0.2, 0.25) is 0 Å². The van der Waals surface area contributed by atoms with E-state index in [1.165, 1.54) is 5.56 Å². The molecular formula is C14H18N2O2. The maximum Gasteiger partial charge on any atom is 0.317 e. The lowest BCUT2D eigenvalue weighted by Crippen LogP contribution is -2.37. The van der Waals surface area contributed by atoms with Gasteiger partial charge in [0.25, 0.3) is 0 Å². The lowest BCUT2D eigenvalue weighted by atomic mass is 10.0. The van der Waals surface area contributed by atoms with Crippen molar-refractivity contribution in [1.82, 2.24) is 4.90 Å². The van der Waals surface area contributed by atoms with Crippen LogP contribution in [0.1, 0.15) is 17.5 Å². The van der Waals surface area contributed by atoms with Gasteiger partial charge in [-0.2, -0.15) is 5.26 Å². The number of carbonyl (C=O) groups is 1. The topological polar surface area (TPSA) is 64.3 Å². The molecule has 0 saturated heterocycles. The number of benzene rings is 1. The Kier molecular flexibility index (Phi) is 5.34. The number of aliphatic carboxylic acids is 1. The monoisotopic (exact) mass is 246 g/mol. The molecule has 1 aromatic rings. The Balaban J connectivity index is 2.70.